The molecule has 0 fully saturated rings. The van der Waals surface area contributed by atoms with Gasteiger partial charge in [-0.25, -0.2) is 28.5 Å². The molecule has 0 bridgehead atoms. The molecule has 3 heterocycles. The molecule has 264 valence electrons. The number of aromatic nitrogens is 5. The van der Waals surface area contributed by atoms with Gasteiger partial charge in [0.05, 0.1) is 52.1 Å². The van der Waals surface area contributed by atoms with Gasteiger partial charge in [0.15, 0.2) is 23.1 Å². The summed E-state index contributed by atoms with van der Waals surface area (Å²) in [5, 5.41) is 10.4. The van der Waals surface area contributed by atoms with E-state index in [1.807, 2.05) is 0 Å². The van der Waals surface area contributed by atoms with Crippen molar-refractivity contribution in [3.05, 3.63) is 101 Å². The van der Waals surface area contributed by atoms with E-state index in [4.69, 9.17) is 18.9 Å². The SMILES string of the molecule is COc1cc2nc(CCn3c(=O)n4n(c3=O)[C@@H]3CC5=C(C(=O)C=C(C)C5=O)[C@@H](c5c(OC)cc(O)cc5OC)C3=CC4)c(=O)n(C)c2cc1OC. The number of aromatic hydroxyl groups is 1. The van der Waals surface area contributed by atoms with Crippen molar-refractivity contribution in [2.45, 2.75) is 44.8 Å². The van der Waals surface area contributed by atoms with Gasteiger partial charge in [-0.15, -0.1) is 0 Å². The number of rotatable bonds is 8. The number of phenols is 1. The van der Waals surface area contributed by atoms with Gasteiger partial charge in [-0.1, -0.05) is 6.08 Å². The quantitative estimate of drug-likeness (QED) is 0.211. The summed E-state index contributed by atoms with van der Waals surface area (Å²) in [5.41, 5.74) is 1.18. The van der Waals surface area contributed by atoms with Gasteiger partial charge < -0.3 is 28.6 Å². The number of nitrogens with zero attached hydrogens (tertiary/aromatic N) is 5. The number of carbonyl (C=O) groups excluding carboxylic acids is 2. The Morgan fingerprint density at radius 1 is 0.882 bits per heavy atom. The van der Waals surface area contributed by atoms with Crippen molar-refractivity contribution in [2.24, 2.45) is 7.05 Å². The smallest absolute Gasteiger partial charge is 0.347 e. The number of aryl methyl sites for hydroxylation is 2. The lowest BCUT2D eigenvalue weighted by molar-refractivity contribution is -0.116. The summed E-state index contributed by atoms with van der Waals surface area (Å²) >= 11 is 0. The van der Waals surface area contributed by atoms with Crippen LogP contribution in [0.3, 0.4) is 0 Å². The van der Waals surface area contributed by atoms with Crippen LogP contribution >= 0.6 is 0 Å². The molecule has 0 saturated heterocycles. The number of hydrogen-bond acceptors (Lipinski definition) is 11. The highest BCUT2D eigenvalue weighted by atomic mass is 16.5. The molecular formula is C36H35N5O10. The summed E-state index contributed by atoms with van der Waals surface area (Å²) in [6.45, 7) is 1.40. The molecule has 2 atom stereocenters. The topological polar surface area (TPSA) is 175 Å². The van der Waals surface area contributed by atoms with E-state index in [0.29, 0.717) is 33.7 Å². The molecule has 0 saturated carbocycles. The maximum Gasteiger partial charge on any atom is 0.347 e. The number of benzene rings is 2. The normalized spacial score (nSPS) is 18.2. The summed E-state index contributed by atoms with van der Waals surface area (Å²) in [6.07, 6.45) is 3.03. The lowest BCUT2D eigenvalue weighted by Gasteiger charge is -2.40. The molecule has 7 rings (SSSR count). The van der Waals surface area contributed by atoms with Gasteiger partial charge in [0.2, 0.25) is 0 Å². The van der Waals surface area contributed by atoms with Crippen LogP contribution in [0, 0.1) is 0 Å². The minimum absolute atomic E-state index is 0.0106. The van der Waals surface area contributed by atoms with Gasteiger partial charge in [-0.3, -0.25) is 14.4 Å². The highest BCUT2D eigenvalue weighted by Crippen LogP contribution is 2.54. The molecule has 0 radical (unpaired) electrons. The Morgan fingerprint density at radius 2 is 1.53 bits per heavy atom. The van der Waals surface area contributed by atoms with E-state index >= 15 is 0 Å². The van der Waals surface area contributed by atoms with E-state index in [9.17, 15) is 29.1 Å². The molecule has 0 unspecified atom stereocenters. The number of carbonyl (C=O) groups is 2. The Bertz CT molecular complexity index is 2450. The predicted molar refractivity (Wildman–Crippen MR) is 183 cm³/mol. The van der Waals surface area contributed by atoms with Crippen LogP contribution in [0.15, 0.2) is 73.1 Å². The first-order valence-electron chi connectivity index (χ1n) is 16.1. The summed E-state index contributed by atoms with van der Waals surface area (Å²) in [7, 11) is 7.40. The molecule has 1 N–H and O–H groups in total. The molecule has 15 nitrogen and oxygen atoms in total. The minimum Gasteiger partial charge on any atom is -0.508 e. The molecule has 51 heavy (non-hydrogen) atoms. The number of phenolic OH excluding ortho intramolecular Hbond substituents is 1. The Balaban J connectivity index is 1.33. The van der Waals surface area contributed by atoms with Crippen LogP contribution in [-0.4, -0.2) is 68.6 Å². The first-order chi connectivity index (χ1) is 24.4. The predicted octanol–water partition coefficient (Wildman–Crippen LogP) is 2.10. The highest BCUT2D eigenvalue weighted by Gasteiger charge is 2.46. The average Bonchev–Trinajstić information content (AvgIpc) is 3.37. The van der Waals surface area contributed by atoms with Crippen molar-refractivity contribution in [3.8, 4) is 28.7 Å². The average molecular weight is 698 g/mol. The summed E-state index contributed by atoms with van der Waals surface area (Å²) in [6, 6.07) is 5.25. The summed E-state index contributed by atoms with van der Waals surface area (Å²) in [5.74, 6) is -0.454. The van der Waals surface area contributed by atoms with Crippen molar-refractivity contribution in [3.63, 3.8) is 0 Å². The van der Waals surface area contributed by atoms with Gasteiger partial charge in [-0.05, 0) is 18.6 Å². The third-order valence-electron chi connectivity index (χ3n) is 9.95. The third kappa shape index (κ3) is 5.02. The van der Waals surface area contributed by atoms with Crippen molar-refractivity contribution in [1.29, 1.82) is 0 Å². The minimum atomic E-state index is -0.899. The monoisotopic (exact) mass is 697 g/mol. The zero-order chi connectivity index (χ0) is 36.5. The molecule has 0 spiro atoms. The molecular weight excluding hydrogens is 662 g/mol. The molecule has 2 aromatic carbocycles. The second kappa shape index (κ2) is 12.3. The van der Waals surface area contributed by atoms with Crippen molar-refractivity contribution in [2.75, 3.05) is 28.4 Å². The van der Waals surface area contributed by atoms with E-state index in [0.717, 1.165) is 4.57 Å². The van der Waals surface area contributed by atoms with Crippen molar-refractivity contribution in [1.82, 2.24) is 23.5 Å². The number of Topliss-reactive ketones (excluding diaryl/α,β-unsaturated/α-hetero) is 1. The van der Waals surface area contributed by atoms with Gasteiger partial charge in [-0.2, -0.15) is 0 Å². The number of fused-ring (bicyclic) bond motifs is 4. The zero-order valence-corrected chi connectivity index (χ0v) is 28.8. The molecule has 3 aliphatic rings. The largest absolute Gasteiger partial charge is 0.508 e. The van der Waals surface area contributed by atoms with Crippen LogP contribution in [0.2, 0.25) is 0 Å². The Kier molecular flexibility index (Phi) is 8.07. The fourth-order valence-corrected chi connectivity index (χ4v) is 7.52. The molecule has 4 aromatic rings. The van der Waals surface area contributed by atoms with Crippen LogP contribution < -0.4 is 35.9 Å². The fourth-order valence-electron chi connectivity index (χ4n) is 7.52. The summed E-state index contributed by atoms with van der Waals surface area (Å²) < 4.78 is 27.2. The summed E-state index contributed by atoms with van der Waals surface area (Å²) in [4.78, 5) is 73.3. The van der Waals surface area contributed by atoms with Gasteiger partial charge in [0.1, 0.15) is 22.9 Å². The zero-order valence-electron chi connectivity index (χ0n) is 28.8. The second-order valence-electron chi connectivity index (χ2n) is 12.5. The maximum absolute atomic E-state index is 14.2. The highest BCUT2D eigenvalue weighted by molar-refractivity contribution is 6.23. The van der Waals surface area contributed by atoms with Crippen LogP contribution in [0.1, 0.15) is 36.6 Å². The Labute approximate surface area is 289 Å². The number of methoxy groups -OCH3 is 4. The maximum atomic E-state index is 14.2. The van der Waals surface area contributed by atoms with Crippen molar-refractivity contribution < 1.29 is 33.6 Å². The lowest BCUT2D eigenvalue weighted by atomic mass is 9.67. The van der Waals surface area contributed by atoms with Crippen LogP contribution in [-0.2, 0) is 36.1 Å². The molecule has 15 heteroatoms. The van der Waals surface area contributed by atoms with Crippen LogP contribution in [0.25, 0.3) is 11.0 Å². The fraction of sp³-hybridized carbons (Fsp3) is 0.333. The van der Waals surface area contributed by atoms with Gasteiger partial charge in [0, 0.05) is 78.9 Å². The van der Waals surface area contributed by atoms with E-state index in [-0.39, 0.29) is 77.2 Å². The number of allylic oxidation sites excluding steroid dienone is 6. The van der Waals surface area contributed by atoms with Crippen LogP contribution in [0.4, 0.5) is 0 Å². The first kappa shape index (κ1) is 33.4. The Morgan fingerprint density at radius 3 is 2.18 bits per heavy atom. The number of ketones is 2. The van der Waals surface area contributed by atoms with Gasteiger partial charge in [0.25, 0.3) is 5.56 Å². The van der Waals surface area contributed by atoms with Crippen molar-refractivity contribution >= 4 is 22.6 Å². The number of hydrogen-bond donors (Lipinski definition) is 1. The Hall–Kier alpha value is -6.12. The van der Waals surface area contributed by atoms with E-state index in [1.54, 1.807) is 32.2 Å². The molecule has 2 aliphatic carbocycles. The second-order valence-corrected chi connectivity index (χ2v) is 12.5. The lowest BCUT2D eigenvalue weighted by Crippen LogP contribution is -2.41. The molecule has 1 aliphatic heterocycles. The van der Waals surface area contributed by atoms with E-state index in [1.165, 1.54) is 60.6 Å². The molecule has 2 aromatic heterocycles. The van der Waals surface area contributed by atoms with Gasteiger partial charge >= 0.3 is 11.4 Å². The van der Waals surface area contributed by atoms with Crippen LogP contribution in [0.5, 0.6) is 28.7 Å². The first-order valence-corrected chi connectivity index (χ1v) is 16.1. The van der Waals surface area contributed by atoms with E-state index in [2.05, 4.69) is 4.98 Å². The standard InChI is InChI=1S/C36H35N5O10/c1-17-11-25(43)30-20(33(17)44)14-23-19(31(30)32-28(50-5)12-18(42)13-29(32)51-6)7-10-40-35(46)39(36(47)41(23)40)9-8-21-34(45)38(2)24-16-27(49-4)26(48-3)15-22(24)37-21/h7,11-13,15-16,23,31,42H,8-10,14H2,1-6H3/t23-,31+/m1/s1. The number of ether oxygens (including phenoxy) is 4. The van der Waals surface area contributed by atoms with E-state index < -0.39 is 28.9 Å². The molecule has 0 amide bonds. The third-order valence-corrected chi connectivity index (χ3v) is 9.95.